The summed E-state index contributed by atoms with van der Waals surface area (Å²) < 4.78 is 0. The SMILES string of the molecule is C[C@@H]1CC[C@H](C)N1CCN1CCN(C(=O)c2csc(CN)n2)CC1. The maximum Gasteiger partial charge on any atom is 0.273 e. The van der Waals surface area contributed by atoms with Gasteiger partial charge in [-0.25, -0.2) is 4.98 Å². The molecule has 3 rings (SSSR count). The molecule has 0 bridgehead atoms. The number of carbonyl (C=O) groups is 1. The number of nitrogens with zero attached hydrogens (tertiary/aromatic N) is 4. The lowest BCUT2D eigenvalue weighted by Gasteiger charge is -2.36. The number of nitrogens with two attached hydrogens (primary N) is 1. The number of aromatic nitrogens is 1. The molecular formula is C17H29N5OS. The third-order valence-corrected chi connectivity index (χ3v) is 6.29. The molecule has 134 valence electrons. The summed E-state index contributed by atoms with van der Waals surface area (Å²) in [6.45, 7) is 10.8. The van der Waals surface area contributed by atoms with Crippen molar-refractivity contribution in [3.05, 3.63) is 16.1 Å². The Hall–Kier alpha value is -1.02. The average Bonchev–Trinajstić information content (AvgIpc) is 3.20. The molecule has 0 saturated carbocycles. The lowest BCUT2D eigenvalue weighted by atomic mass is 10.2. The second-order valence-electron chi connectivity index (χ2n) is 6.98. The summed E-state index contributed by atoms with van der Waals surface area (Å²) in [5, 5.41) is 2.65. The lowest BCUT2D eigenvalue weighted by Crippen LogP contribution is -2.51. The molecule has 2 N–H and O–H groups in total. The molecule has 2 saturated heterocycles. The molecule has 1 aromatic rings. The van der Waals surface area contributed by atoms with Gasteiger partial charge in [-0.3, -0.25) is 14.6 Å². The van der Waals surface area contributed by atoms with Crippen LogP contribution in [-0.4, -0.2) is 76.9 Å². The van der Waals surface area contributed by atoms with E-state index in [1.54, 1.807) is 0 Å². The quantitative estimate of drug-likeness (QED) is 0.864. The fourth-order valence-electron chi connectivity index (χ4n) is 3.79. The molecule has 1 amide bonds. The Kier molecular flexibility index (Phi) is 5.86. The van der Waals surface area contributed by atoms with Crippen LogP contribution in [-0.2, 0) is 6.54 Å². The van der Waals surface area contributed by atoms with Gasteiger partial charge in [0.25, 0.3) is 5.91 Å². The first-order valence-corrected chi connectivity index (χ1v) is 9.88. The maximum absolute atomic E-state index is 12.5. The number of hydrogen-bond donors (Lipinski definition) is 1. The van der Waals surface area contributed by atoms with Crippen molar-refractivity contribution >= 4 is 17.2 Å². The van der Waals surface area contributed by atoms with Gasteiger partial charge < -0.3 is 10.6 Å². The summed E-state index contributed by atoms with van der Waals surface area (Å²) in [7, 11) is 0. The Balaban J connectivity index is 1.44. The van der Waals surface area contributed by atoms with Crippen molar-refractivity contribution in [1.82, 2.24) is 19.7 Å². The second kappa shape index (κ2) is 7.91. The number of thiazole rings is 1. The van der Waals surface area contributed by atoms with E-state index in [0.717, 1.165) is 44.3 Å². The number of carbonyl (C=O) groups excluding carboxylic acids is 1. The van der Waals surface area contributed by atoms with E-state index in [-0.39, 0.29) is 5.91 Å². The zero-order valence-electron chi connectivity index (χ0n) is 14.8. The maximum atomic E-state index is 12.5. The molecule has 0 spiro atoms. The lowest BCUT2D eigenvalue weighted by molar-refractivity contribution is 0.0609. The van der Waals surface area contributed by atoms with Crippen LogP contribution in [0.25, 0.3) is 0 Å². The minimum absolute atomic E-state index is 0.0485. The highest BCUT2D eigenvalue weighted by molar-refractivity contribution is 7.09. The van der Waals surface area contributed by atoms with Gasteiger partial charge in [-0.15, -0.1) is 11.3 Å². The van der Waals surface area contributed by atoms with Gasteiger partial charge in [-0.05, 0) is 26.7 Å². The Morgan fingerprint density at radius 2 is 1.88 bits per heavy atom. The van der Waals surface area contributed by atoms with Gasteiger partial charge in [0.05, 0.1) is 0 Å². The van der Waals surface area contributed by atoms with Crippen LogP contribution in [0.4, 0.5) is 0 Å². The fraction of sp³-hybridized carbons (Fsp3) is 0.765. The highest BCUT2D eigenvalue weighted by atomic mass is 32.1. The van der Waals surface area contributed by atoms with Crippen LogP contribution >= 0.6 is 11.3 Å². The van der Waals surface area contributed by atoms with Gasteiger partial charge in [-0.2, -0.15) is 0 Å². The van der Waals surface area contributed by atoms with Gasteiger partial charge >= 0.3 is 0 Å². The molecule has 0 aromatic carbocycles. The molecule has 7 heteroatoms. The van der Waals surface area contributed by atoms with Crippen molar-refractivity contribution in [3.63, 3.8) is 0 Å². The Morgan fingerprint density at radius 3 is 2.46 bits per heavy atom. The van der Waals surface area contributed by atoms with Crippen molar-refractivity contribution in [2.24, 2.45) is 5.73 Å². The Labute approximate surface area is 148 Å². The molecule has 1 aromatic heterocycles. The van der Waals surface area contributed by atoms with Crippen molar-refractivity contribution in [1.29, 1.82) is 0 Å². The number of amides is 1. The molecule has 0 radical (unpaired) electrons. The number of hydrogen-bond acceptors (Lipinski definition) is 6. The molecular weight excluding hydrogens is 322 g/mol. The summed E-state index contributed by atoms with van der Waals surface area (Å²) in [6.07, 6.45) is 2.64. The molecule has 2 fully saturated rings. The van der Waals surface area contributed by atoms with E-state index in [2.05, 4.69) is 28.6 Å². The summed E-state index contributed by atoms with van der Waals surface area (Å²) in [5.74, 6) is 0.0485. The van der Waals surface area contributed by atoms with Crippen molar-refractivity contribution in [3.8, 4) is 0 Å². The van der Waals surface area contributed by atoms with Gasteiger partial charge in [-0.1, -0.05) is 0 Å². The number of piperazine rings is 1. The van der Waals surface area contributed by atoms with Crippen LogP contribution in [0, 0.1) is 0 Å². The Morgan fingerprint density at radius 1 is 1.21 bits per heavy atom. The van der Waals surface area contributed by atoms with Gasteiger partial charge in [0.1, 0.15) is 10.7 Å². The molecule has 2 aliphatic heterocycles. The van der Waals surface area contributed by atoms with Crippen molar-refractivity contribution in [2.45, 2.75) is 45.3 Å². The summed E-state index contributed by atoms with van der Waals surface area (Å²) in [6, 6.07) is 1.42. The van der Waals surface area contributed by atoms with Gasteiger partial charge in [0.2, 0.25) is 0 Å². The van der Waals surface area contributed by atoms with E-state index in [9.17, 15) is 4.79 Å². The molecule has 24 heavy (non-hydrogen) atoms. The zero-order valence-corrected chi connectivity index (χ0v) is 15.6. The van der Waals surface area contributed by atoms with Gasteiger partial charge in [0.15, 0.2) is 0 Å². The molecule has 0 aliphatic carbocycles. The second-order valence-corrected chi connectivity index (χ2v) is 7.92. The van der Waals surface area contributed by atoms with Gasteiger partial charge in [0, 0.05) is 63.3 Å². The van der Waals surface area contributed by atoms with Crippen LogP contribution < -0.4 is 5.73 Å². The van der Waals surface area contributed by atoms with Crippen LogP contribution in [0.3, 0.4) is 0 Å². The smallest absolute Gasteiger partial charge is 0.273 e. The Bertz CT molecular complexity index is 545. The minimum Gasteiger partial charge on any atom is -0.335 e. The highest BCUT2D eigenvalue weighted by Crippen LogP contribution is 2.23. The number of rotatable bonds is 5. The first kappa shape index (κ1) is 17.8. The topological polar surface area (TPSA) is 65.7 Å². The standard InChI is InChI=1S/C17H29N5OS/c1-13-3-4-14(2)22(13)10-7-20-5-8-21(9-6-20)17(23)15-12-24-16(11-18)19-15/h12-14H,3-11,18H2,1-2H3/t13-,14+. The molecule has 0 unspecified atom stereocenters. The third-order valence-electron chi connectivity index (χ3n) is 5.41. The van der Waals surface area contributed by atoms with E-state index < -0.39 is 0 Å². The summed E-state index contributed by atoms with van der Waals surface area (Å²) >= 11 is 1.47. The summed E-state index contributed by atoms with van der Waals surface area (Å²) in [4.78, 5) is 23.8. The van der Waals surface area contributed by atoms with Crippen LogP contribution in [0.15, 0.2) is 5.38 Å². The first-order chi connectivity index (χ1) is 11.6. The van der Waals surface area contributed by atoms with E-state index in [1.165, 1.54) is 24.2 Å². The number of likely N-dealkylation sites (tertiary alicyclic amines) is 1. The average molecular weight is 352 g/mol. The monoisotopic (exact) mass is 351 g/mol. The largest absolute Gasteiger partial charge is 0.335 e. The normalized spacial score (nSPS) is 26.2. The van der Waals surface area contributed by atoms with Crippen LogP contribution in [0.1, 0.15) is 42.2 Å². The molecule has 6 nitrogen and oxygen atoms in total. The predicted molar refractivity (Wildman–Crippen MR) is 97.2 cm³/mol. The van der Waals surface area contributed by atoms with E-state index in [1.807, 2.05) is 10.3 Å². The predicted octanol–water partition coefficient (Wildman–Crippen LogP) is 1.23. The third kappa shape index (κ3) is 3.96. The van der Waals surface area contributed by atoms with Crippen molar-refractivity contribution in [2.75, 3.05) is 39.3 Å². The highest BCUT2D eigenvalue weighted by Gasteiger charge is 2.28. The van der Waals surface area contributed by atoms with Crippen LogP contribution in [0.5, 0.6) is 0 Å². The minimum atomic E-state index is 0.0485. The van der Waals surface area contributed by atoms with E-state index >= 15 is 0 Å². The molecule has 2 atom stereocenters. The van der Waals surface area contributed by atoms with E-state index in [0.29, 0.717) is 24.3 Å². The summed E-state index contributed by atoms with van der Waals surface area (Å²) in [5.41, 5.74) is 6.13. The van der Waals surface area contributed by atoms with E-state index in [4.69, 9.17) is 5.73 Å². The zero-order chi connectivity index (χ0) is 17.1. The molecule has 3 heterocycles. The first-order valence-electron chi connectivity index (χ1n) is 9.00. The van der Waals surface area contributed by atoms with Crippen LogP contribution in [0.2, 0.25) is 0 Å². The molecule has 2 aliphatic rings. The fourth-order valence-corrected chi connectivity index (χ4v) is 4.43. The van der Waals surface area contributed by atoms with Crippen molar-refractivity contribution < 1.29 is 4.79 Å².